The Bertz CT molecular complexity index is 805. The molecular weight excluding hydrogens is 382 g/mol. The van der Waals surface area contributed by atoms with Gasteiger partial charge >= 0.3 is 0 Å². The third-order valence-corrected chi connectivity index (χ3v) is 4.87. The number of halogens is 1. The molecule has 0 aliphatic rings. The molecule has 0 atom stereocenters. The van der Waals surface area contributed by atoms with E-state index < -0.39 is 0 Å². The van der Waals surface area contributed by atoms with Gasteiger partial charge < -0.3 is 9.47 Å². The van der Waals surface area contributed by atoms with Crippen LogP contribution in [0.15, 0.2) is 46.9 Å². The Morgan fingerprint density at radius 3 is 2.64 bits per heavy atom. The van der Waals surface area contributed by atoms with Crippen molar-refractivity contribution in [3.63, 3.8) is 0 Å². The molecule has 0 spiro atoms. The third kappa shape index (κ3) is 4.87. The van der Waals surface area contributed by atoms with Gasteiger partial charge in [-0.05, 0) is 36.6 Å². The van der Waals surface area contributed by atoms with Gasteiger partial charge in [-0.3, -0.25) is 0 Å². The number of nitrogens with zero attached hydrogens (tertiary/aromatic N) is 3. The first-order valence-electron chi connectivity index (χ1n) is 8.43. The van der Waals surface area contributed by atoms with Crippen molar-refractivity contribution in [1.82, 2.24) is 15.0 Å². The number of hydrogen-bond acceptors (Lipinski definition) is 4. The van der Waals surface area contributed by atoms with E-state index in [1.807, 2.05) is 41.9 Å². The molecule has 0 fully saturated rings. The van der Waals surface area contributed by atoms with Crippen LogP contribution in [0, 0.1) is 6.92 Å². The predicted octanol–water partition coefficient (Wildman–Crippen LogP) is 4.13. The summed E-state index contributed by atoms with van der Waals surface area (Å²) in [6.07, 6.45) is 0.886. The Kier molecular flexibility index (Phi) is 6.55. The van der Waals surface area contributed by atoms with Gasteiger partial charge in [-0.25, -0.2) is 4.68 Å². The summed E-state index contributed by atoms with van der Waals surface area (Å²) >= 11 is 3.52. The highest BCUT2D eigenvalue weighted by Crippen LogP contribution is 2.23. The van der Waals surface area contributed by atoms with Crippen molar-refractivity contribution in [3.05, 3.63) is 58.1 Å². The van der Waals surface area contributed by atoms with Crippen LogP contribution in [-0.4, -0.2) is 34.8 Å². The number of fused-ring (bicyclic) bond motifs is 1. The maximum absolute atomic E-state index is 5.68. The smallest absolute Gasteiger partial charge is 0.117 e. The molecule has 0 N–H and O–H groups in total. The molecule has 25 heavy (non-hydrogen) atoms. The van der Waals surface area contributed by atoms with Gasteiger partial charge in [-0.1, -0.05) is 51.5 Å². The first-order valence-corrected chi connectivity index (χ1v) is 9.23. The molecule has 6 heteroatoms. The second-order valence-electron chi connectivity index (χ2n) is 5.86. The SMILES string of the molecule is Cc1c(Br)ccc2c1nnn2CCOCCCOCc1ccccc1. The van der Waals surface area contributed by atoms with E-state index in [-0.39, 0.29) is 0 Å². The van der Waals surface area contributed by atoms with Crippen LogP contribution in [0.1, 0.15) is 17.5 Å². The van der Waals surface area contributed by atoms with Crippen molar-refractivity contribution in [1.29, 1.82) is 0 Å². The molecule has 0 bridgehead atoms. The maximum Gasteiger partial charge on any atom is 0.117 e. The van der Waals surface area contributed by atoms with E-state index in [0.29, 0.717) is 33.0 Å². The van der Waals surface area contributed by atoms with Crippen LogP contribution in [0.2, 0.25) is 0 Å². The lowest BCUT2D eigenvalue weighted by Gasteiger charge is -2.07. The highest BCUT2D eigenvalue weighted by Gasteiger charge is 2.08. The molecular formula is C19H22BrN3O2. The van der Waals surface area contributed by atoms with Crippen LogP contribution in [0.3, 0.4) is 0 Å². The van der Waals surface area contributed by atoms with E-state index in [0.717, 1.165) is 27.5 Å². The molecule has 0 aliphatic heterocycles. The number of benzene rings is 2. The zero-order chi connectivity index (χ0) is 17.5. The van der Waals surface area contributed by atoms with Crippen molar-refractivity contribution in [3.8, 4) is 0 Å². The van der Waals surface area contributed by atoms with Crippen LogP contribution in [0.5, 0.6) is 0 Å². The Labute approximate surface area is 156 Å². The quantitative estimate of drug-likeness (QED) is 0.504. The zero-order valence-corrected chi connectivity index (χ0v) is 15.9. The summed E-state index contributed by atoms with van der Waals surface area (Å²) in [6, 6.07) is 14.3. The summed E-state index contributed by atoms with van der Waals surface area (Å²) in [6.45, 7) is 5.40. The van der Waals surface area contributed by atoms with Crippen LogP contribution in [0.4, 0.5) is 0 Å². The summed E-state index contributed by atoms with van der Waals surface area (Å²) in [5.41, 5.74) is 4.28. The lowest BCUT2D eigenvalue weighted by Crippen LogP contribution is -2.09. The first kappa shape index (κ1) is 18.0. The van der Waals surface area contributed by atoms with Gasteiger partial charge in [0.2, 0.25) is 0 Å². The number of hydrogen-bond donors (Lipinski definition) is 0. The van der Waals surface area contributed by atoms with Crippen LogP contribution >= 0.6 is 15.9 Å². The monoisotopic (exact) mass is 403 g/mol. The average Bonchev–Trinajstić information content (AvgIpc) is 3.05. The molecule has 132 valence electrons. The van der Waals surface area contributed by atoms with E-state index >= 15 is 0 Å². The Morgan fingerprint density at radius 2 is 1.80 bits per heavy atom. The van der Waals surface area contributed by atoms with Gasteiger partial charge in [0.05, 0.1) is 25.3 Å². The fourth-order valence-corrected chi connectivity index (χ4v) is 2.91. The second-order valence-corrected chi connectivity index (χ2v) is 6.71. The van der Waals surface area contributed by atoms with Crippen LogP contribution in [-0.2, 0) is 22.6 Å². The average molecular weight is 404 g/mol. The molecule has 0 radical (unpaired) electrons. The van der Waals surface area contributed by atoms with Gasteiger partial charge in [-0.2, -0.15) is 0 Å². The minimum Gasteiger partial charge on any atom is -0.379 e. The third-order valence-electron chi connectivity index (χ3n) is 4.01. The summed E-state index contributed by atoms with van der Waals surface area (Å²) in [4.78, 5) is 0. The number of ether oxygens (including phenoxy) is 2. The Morgan fingerprint density at radius 1 is 1.00 bits per heavy atom. The van der Waals surface area contributed by atoms with Crippen LogP contribution < -0.4 is 0 Å². The minimum absolute atomic E-state index is 0.617. The van der Waals surface area contributed by atoms with E-state index in [1.54, 1.807) is 0 Å². The van der Waals surface area contributed by atoms with E-state index in [4.69, 9.17) is 9.47 Å². The van der Waals surface area contributed by atoms with Crippen molar-refractivity contribution < 1.29 is 9.47 Å². The topological polar surface area (TPSA) is 49.2 Å². The summed E-state index contributed by atoms with van der Waals surface area (Å²) in [7, 11) is 0. The van der Waals surface area contributed by atoms with Crippen LogP contribution in [0.25, 0.3) is 11.0 Å². The molecule has 0 saturated carbocycles. The molecule has 0 saturated heterocycles. The molecule has 0 aliphatic carbocycles. The van der Waals surface area contributed by atoms with E-state index in [1.165, 1.54) is 5.56 Å². The Hall–Kier alpha value is -1.76. The standard InChI is InChI=1S/C19H22BrN3O2/c1-15-17(20)8-9-18-19(15)21-22-23(18)10-13-24-11-5-12-25-14-16-6-3-2-4-7-16/h2-4,6-9H,5,10-14H2,1H3. The Balaban J connectivity index is 1.33. The molecule has 5 nitrogen and oxygen atoms in total. The molecule has 0 amide bonds. The summed E-state index contributed by atoms with van der Waals surface area (Å²) < 4.78 is 14.3. The van der Waals surface area contributed by atoms with E-state index in [9.17, 15) is 0 Å². The highest BCUT2D eigenvalue weighted by atomic mass is 79.9. The van der Waals surface area contributed by atoms with Gasteiger partial charge in [0.15, 0.2) is 0 Å². The summed E-state index contributed by atoms with van der Waals surface area (Å²) in [5, 5.41) is 8.47. The van der Waals surface area contributed by atoms with Gasteiger partial charge in [-0.15, -0.1) is 5.10 Å². The van der Waals surface area contributed by atoms with Gasteiger partial charge in [0.25, 0.3) is 0 Å². The normalized spacial score (nSPS) is 11.3. The first-order chi connectivity index (χ1) is 12.3. The maximum atomic E-state index is 5.68. The molecule has 2 aromatic carbocycles. The van der Waals surface area contributed by atoms with Crippen molar-refractivity contribution >= 4 is 27.0 Å². The lowest BCUT2D eigenvalue weighted by molar-refractivity contribution is 0.0722. The zero-order valence-electron chi connectivity index (χ0n) is 14.3. The molecule has 3 rings (SSSR count). The lowest BCUT2D eigenvalue weighted by atomic mass is 10.2. The molecule has 3 aromatic rings. The molecule has 1 heterocycles. The number of rotatable bonds is 9. The number of aromatic nitrogens is 3. The van der Waals surface area contributed by atoms with Crippen molar-refractivity contribution in [2.45, 2.75) is 26.5 Å². The predicted molar refractivity (Wildman–Crippen MR) is 101 cm³/mol. The van der Waals surface area contributed by atoms with Gasteiger partial charge in [0.1, 0.15) is 5.52 Å². The van der Waals surface area contributed by atoms with Crippen molar-refractivity contribution in [2.24, 2.45) is 0 Å². The molecule has 0 unspecified atom stereocenters. The fraction of sp³-hybridized carbons (Fsp3) is 0.368. The van der Waals surface area contributed by atoms with Gasteiger partial charge in [0, 0.05) is 17.7 Å². The number of aryl methyl sites for hydroxylation is 1. The molecule has 1 aromatic heterocycles. The summed E-state index contributed by atoms with van der Waals surface area (Å²) in [5.74, 6) is 0. The fourth-order valence-electron chi connectivity index (χ4n) is 2.59. The second kappa shape index (κ2) is 9.08. The van der Waals surface area contributed by atoms with E-state index in [2.05, 4.69) is 38.4 Å². The largest absolute Gasteiger partial charge is 0.379 e. The highest BCUT2D eigenvalue weighted by molar-refractivity contribution is 9.10. The van der Waals surface area contributed by atoms with Crippen molar-refractivity contribution in [2.75, 3.05) is 19.8 Å². The minimum atomic E-state index is 0.617.